The van der Waals surface area contributed by atoms with Gasteiger partial charge in [-0.1, -0.05) is 12.8 Å². The maximum atomic E-state index is 10.0. The molecule has 0 bridgehead atoms. The molecule has 12 heteroatoms. The van der Waals surface area contributed by atoms with Gasteiger partial charge in [-0.05, 0) is 19.4 Å². The highest BCUT2D eigenvalue weighted by Gasteiger charge is 2.18. The van der Waals surface area contributed by atoms with Gasteiger partial charge in [-0.25, -0.2) is 9.59 Å². The van der Waals surface area contributed by atoms with Crippen molar-refractivity contribution in [2.75, 3.05) is 13.1 Å². The van der Waals surface area contributed by atoms with Crippen LogP contribution in [0.3, 0.4) is 0 Å². The highest BCUT2D eigenvalue weighted by atomic mass is 16.4. The summed E-state index contributed by atoms with van der Waals surface area (Å²) in [5, 5.41) is 31.9. The van der Waals surface area contributed by atoms with E-state index in [1.54, 1.807) is 0 Å². The zero-order valence-corrected chi connectivity index (χ0v) is 13.8. The molecule has 0 radical (unpaired) electrons. The number of hydrogen-bond acceptors (Lipinski definition) is 8. The maximum Gasteiger partial charge on any atom is 0.332 e. The number of carboxylic acid groups (broad SMARTS) is 4. The van der Waals surface area contributed by atoms with E-state index in [1.807, 2.05) is 0 Å². The number of carboxylic acids is 4. The summed E-state index contributed by atoms with van der Waals surface area (Å²) in [6, 6.07) is -2.70. The van der Waals surface area contributed by atoms with Gasteiger partial charge in [-0.2, -0.15) is 0 Å². The first kappa shape index (κ1) is 27.6. The molecule has 12 N–H and O–H groups in total. The lowest BCUT2D eigenvalue weighted by molar-refractivity contribution is -0.149. The molecule has 0 aromatic heterocycles. The Morgan fingerprint density at radius 3 is 1.36 bits per heavy atom. The first-order valence-electron chi connectivity index (χ1n) is 7.32. The van der Waals surface area contributed by atoms with Crippen LogP contribution in [0.25, 0.3) is 0 Å². The molecule has 0 amide bonds. The highest BCUT2D eigenvalue weighted by molar-refractivity contribution is 5.96. The van der Waals surface area contributed by atoms with Crippen molar-refractivity contribution in [2.45, 2.75) is 44.2 Å². The number of nitrogens with two attached hydrogens (primary N) is 4. The van der Waals surface area contributed by atoms with E-state index in [4.69, 9.17) is 37.6 Å². The largest absolute Gasteiger partial charge is 0.481 e. The van der Waals surface area contributed by atoms with E-state index in [-0.39, 0.29) is 6.54 Å². The van der Waals surface area contributed by atoms with E-state index >= 15 is 0 Å². The van der Waals surface area contributed by atoms with Crippen molar-refractivity contribution in [1.29, 1.82) is 0 Å². The molecule has 0 aromatic rings. The van der Waals surface area contributed by atoms with Gasteiger partial charge in [0.25, 0.3) is 0 Å². The molecule has 0 fully saturated rings. The molecule has 0 aliphatic rings. The predicted molar refractivity (Wildman–Crippen MR) is 87.7 cm³/mol. The molecule has 148 valence electrons. The summed E-state index contributed by atoms with van der Waals surface area (Å²) in [5.41, 5.74) is 19.6. The average Bonchev–Trinajstić information content (AvgIpc) is 2.53. The molecular weight excluding hydrogens is 340 g/mol. The van der Waals surface area contributed by atoms with Crippen molar-refractivity contribution in [3.8, 4) is 0 Å². The summed E-state index contributed by atoms with van der Waals surface area (Å²) >= 11 is 0. The third kappa shape index (κ3) is 24.1. The summed E-state index contributed by atoms with van der Waals surface area (Å²) in [5.74, 6) is -4.81. The van der Waals surface area contributed by atoms with Gasteiger partial charge in [0.2, 0.25) is 6.04 Å². The van der Waals surface area contributed by atoms with E-state index in [9.17, 15) is 19.2 Å². The first-order chi connectivity index (χ1) is 11.5. The summed E-state index contributed by atoms with van der Waals surface area (Å²) < 4.78 is 0. The maximum absolute atomic E-state index is 10.0. The van der Waals surface area contributed by atoms with Crippen LogP contribution in [0.1, 0.15) is 32.1 Å². The Hall–Kier alpha value is -2.28. The molecule has 0 saturated carbocycles. The summed E-state index contributed by atoms with van der Waals surface area (Å²) in [4.78, 5) is 39.0. The smallest absolute Gasteiger partial charge is 0.332 e. The van der Waals surface area contributed by atoms with E-state index in [0.29, 0.717) is 13.0 Å². The molecule has 12 nitrogen and oxygen atoms in total. The first-order valence-corrected chi connectivity index (χ1v) is 7.32. The number of carbonyl (C=O) groups is 4. The van der Waals surface area contributed by atoms with Crippen LogP contribution in [0.4, 0.5) is 0 Å². The van der Waals surface area contributed by atoms with Crippen LogP contribution >= 0.6 is 0 Å². The molecule has 25 heavy (non-hydrogen) atoms. The summed E-state index contributed by atoms with van der Waals surface area (Å²) in [7, 11) is 0. The predicted octanol–water partition coefficient (Wildman–Crippen LogP) is -2.18. The van der Waals surface area contributed by atoms with Crippen molar-refractivity contribution in [3.05, 3.63) is 0 Å². The van der Waals surface area contributed by atoms with Gasteiger partial charge in [0.15, 0.2) is 0 Å². The van der Waals surface area contributed by atoms with Gasteiger partial charge >= 0.3 is 23.9 Å². The second-order valence-corrected chi connectivity index (χ2v) is 4.68. The third-order valence-corrected chi connectivity index (χ3v) is 2.45. The number of hydrogen-bond donors (Lipinski definition) is 8. The third-order valence-electron chi connectivity index (χ3n) is 2.45. The second kappa shape index (κ2) is 18.1. The van der Waals surface area contributed by atoms with E-state index in [2.05, 4.69) is 5.73 Å². The van der Waals surface area contributed by atoms with Crippen LogP contribution in [-0.4, -0.2) is 69.5 Å². The lowest BCUT2D eigenvalue weighted by Crippen LogP contribution is -2.38. The van der Waals surface area contributed by atoms with Crippen LogP contribution in [0.5, 0.6) is 0 Å². The van der Waals surface area contributed by atoms with E-state index in [0.717, 1.165) is 25.7 Å². The minimum atomic E-state index is -1.80. The molecular formula is C13H28N4O8. The fourth-order valence-electron chi connectivity index (χ4n) is 0.981. The Kier molecular flexibility index (Phi) is 19.9. The van der Waals surface area contributed by atoms with Gasteiger partial charge < -0.3 is 43.4 Å². The molecule has 0 rings (SSSR count). The van der Waals surface area contributed by atoms with Crippen LogP contribution in [0, 0.1) is 0 Å². The molecule has 1 atom stereocenters. The SMILES string of the molecule is NC(C(=O)O)C(=O)O.NCC(N)C(=O)O.NCCCCCCC(=O)O. The van der Waals surface area contributed by atoms with Crippen LogP contribution in [-0.2, 0) is 19.2 Å². The topological polar surface area (TPSA) is 253 Å². The monoisotopic (exact) mass is 368 g/mol. The molecule has 0 aliphatic heterocycles. The molecule has 0 aromatic carbocycles. The molecule has 0 saturated heterocycles. The van der Waals surface area contributed by atoms with Crippen molar-refractivity contribution in [3.63, 3.8) is 0 Å². The quantitative estimate of drug-likeness (QED) is 0.151. The zero-order valence-electron chi connectivity index (χ0n) is 13.8. The second-order valence-electron chi connectivity index (χ2n) is 4.68. The average molecular weight is 368 g/mol. The fourth-order valence-corrected chi connectivity index (χ4v) is 0.981. The lowest BCUT2D eigenvalue weighted by Gasteiger charge is -1.97. The minimum absolute atomic E-state index is 0.00463. The lowest BCUT2D eigenvalue weighted by atomic mass is 10.1. The molecule has 0 heterocycles. The fraction of sp³-hybridized carbons (Fsp3) is 0.692. The molecule has 1 unspecified atom stereocenters. The number of unbranched alkanes of at least 4 members (excludes halogenated alkanes) is 3. The van der Waals surface area contributed by atoms with E-state index < -0.39 is 36.0 Å². The Bertz CT molecular complexity index is 391. The van der Waals surface area contributed by atoms with Crippen LogP contribution < -0.4 is 22.9 Å². The van der Waals surface area contributed by atoms with Gasteiger partial charge in [0.1, 0.15) is 6.04 Å². The van der Waals surface area contributed by atoms with Crippen molar-refractivity contribution in [1.82, 2.24) is 0 Å². The van der Waals surface area contributed by atoms with Gasteiger partial charge in [0, 0.05) is 13.0 Å². The van der Waals surface area contributed by atoms with Crippen molar-refractivity contribution in [2.24, 2.45) is 22.9 Å². The van der Waals surface area contributed by atoms with Gasteiger partial charge in [-0.3, -0.25) is 9.59 Å². The van der Waals surface area contributed by atoms with Gasteiger partial charge in [-0.15, -0.1) is 0 Å². The molecule has 0 spiro atoms. The highest BCUT2D eigenvalue weighted by Crippen LogP contribution is 2.01. The number of rotatable bonds is 10. The molecule has 0 aliphatic carbocycles. The zero-order chi connectivity index (χ0) is 20.4. The van der Waals surface area contributed by atoms with Crippen LogP contribution in [0.2, 0.25) is 0 Å². The number of aliphatic carboxylic acids is 4. The van der Waals surface area contributed by atoms with Crippen molar-refractivity contribution >= 4 is 23.9 Å². The Balaban J connectivity index is -0.000000296. The Labute approximate surface area is 144 Å². The standard InChI is InChI=1S/C7H15NO2.C3H8N2O2.C3H5NO4/c8-6-4-2-1-3-5-7(9)10;4-1-2(5)3(6)7;4-1(2(5)6)3(7)8/h1-6,8H2,(H,9,10);2H,1,4-5H2,(H,6,7);1H,4H2,(H,5,6)(H,7,8). The van der Waals surface area contributed by atoms with Crippen molar-refractivity contribution < 1.29 is 39.6 Å². The minimum Gasteiger partial charge on any atom is -0.481 e. The summed E-state index contributed by atoms with van der Waals surface area (Å²) in [6.45, 7) is 0.711. The van der Waals surface area contributed by atoms with Gasteiger partial charge in [0.05, 0.1) is 0 Å². The normalized spacial score (nSPS) is 10.6. The van der Waals surface area contributed by atoms with Crippen LogP contribution in [0.15, 0.2) is 0 Å². The summed E-state index contributed by atoms with van der Waals surface area (Å²) in [6.07, 6.45) is 4.15. The Morgan fingerprint density at radius 2 is 1.16 bits per heavy atom. The Morgan fingerprint density at radius 1 is 0.720 bits per heavy atom. The van der Waals surface area contributed by atoms with E-state index in [1.165, 1.54) is 0 Å².